The second-order valence-corrected chi connectivity index (χ2v) is 7.99. The minimum atomic E-state index is -3.82. The van der Waals surface area contributed by atoms with Crippen molar-refractivity contribution in [2.24, 2.45) is 0 Å². The molecule has 1 unspecified atom stereocenters. The van der Waals surface area contributed by atoms with Crippen LogP contribution in [0.15, 0.2) is 67.3 Å². The van der Waals surface area contributed by atoms with Gasteiger partial charge >= 0.3 is 0 Å². The van der Waals surface area contributed by atoms with Gasteiger partial charge in [-0.05, 0) is 30.4 Å². The van der Waals surface area contributed by atoms with E-state index in [4.69, 9.17) is 0 Å². The lowest BCUT2D eigenvalue weighted by Gasteiger charge is -2.17. The maximum Gasteiger partial charge on any atom is 0.241 e. The number of anilines is 1. The van der Waals surface area contributed by atoms with Gasteiger partial charge in [0, 0.05) is 29.9 Å². The molecule has 0 aromatic heterocycles. The molecule has 1 atom stereocenters. The van der Waals surface area contributed by atoms with Crippen molar-refractivity contribution in [3.05, 3.63) is 77.7 Å². The molecule has 27 heavy (non-hydrogen) atoms. The monoisotopic (exact) mass is 382 g/mol. The van der Waals surface area contributed by atoms with Crippen molar-refractivity contribution in [1.82, 2.24) is 4.72 Å². The molecule has 0 aliphatic carbocycles. The number of nitrogens with zero attached hydrogens (tertiary/aromatic N) is 1. The first-order valence-corrected chi connectivity index (χ1v) is 10.2. The molecule has 140 valence electrons. The number of carbonyl (C=O) groups excluding carboxylic acids is 1. The summed E-state index contributed by atoms with van der Waals surface area (Å²) in [6.45, 7) is 5.84. The van der Waals surface area contributed by atoms with E-state index in [1.54, 1.807) is 17.0 Å². The average Bonchev–Trinajstić information content (AvgIpc) is 3.02. The van der Waals surface area contributed by atoms with E-state index in [2.05, 4.69) is 11.3 Å². The fourth-order valence-electron chi connectivity index (χ4n) is 3.26. The van der Waals surface area contributed by atoms with Crippen LogP contribution in [-0.2, 0) is 14.8 Å². The molecule has 6 heteroatoms. The van der Waals surface area contributed by atoms with Gasteiger partial charge in [0.2, 0.25) is 15.9 Å². The Kier molecular flexibility index (Phi) is 5.58. The fraction of sp³-hybridized carbons (Fsp3) is 0.190. The molecule has 0 spiro atoms. The Labute approximate surface area is 159 Å². The molecule has 1 heterocycles. The summed E-state index contributed by atoms with van der Waals surface area (Å²) in [5.74, 6) is -0.101. The van der Waals surface area contributed by atoms with Gasteiger partial charge in [-0.25, -0.2) is 13.1 Å². The first-order valence-electron chi connectivity index (χ1n) is 8.72. The summed E-state index contributed by atoms with van der Waals surface area (Å²) >= 11 is 0. The molecule has 1 N–H and O–H groups in total. The van der Waals surface area contributed by atoms with Crippen molar-refractivity contribution in [3.63, 3.8) is 0 Å². The summed E-state index contributed by atoms with van der Waals surface area (Å²) < 4.78 is 28.6. The van der Waals surface area contributed by atoms with E-state index in [1.807, 2.05) is 55.5 Å². The van der Waals surface area contributed by atoms with Crippen LogP contribution in [0.3, 0.4) is 0 Å². The number of para-hydroxylation sites is 1. The number of amides is 1. The lowest BCUT2D eigenvalue weighted by atomic mass is 10.2. The molecule has 1 fully saturated rings. The summed E-state index contributed by atoms with van der Waals surface area (Å²) in [4.78, 5) is 14.1. The van der Waals surface area contributed by atoms with Gasteiger partial charge in [-0.3, -0.25) is 4.79 Å². The molecular formula is C21H22N2O3S. The third kappa shape index (κ3) is 4.02. The summed E-state index contributed by atoms with van der Waals surface area (Å²) in [5, 5.41) is 1.40. The van der Waals surface area contributed by atoms with E-state index in [-0.39, 0.29) is 17.2 Å². The van der Waals surface area contributed by atoms with E-state index in [1.165, 1.54) is 6.08 Å². The van der Waals surface area contributed by atoms with Gasteiger partial charge < -0.3 is 4.90 Å². The minimum Gasteiger partial charge on any atom is -0.311 e. The highest BCUT2D eigenvalue weighted by Gasteiger charge is 2.33. The van der Waals surface area contributed by atoms with Crippen LogP contribution in [0.5, 0.6) is 0 Å². The Bertz CT molecular complexity index is 1080. The second-order valence-electron chi connectivity index (χ2n) is 6.31. The highest BCUT2D eigenvalue weighted by Crippen LogP contribution is 2.22. The van der Waals surface area contributed by atoms with Gasteiger partial charge in [0.25, 0.3) is 0 Å². The Hall–Kier alpha value is -2.70. The largest absolute Gasteiger partial charge is 0.311 e. The number of rotatable bonds is 5. The van der Waals surface area contributed by atoms with Gasteiger partial charge in [0.1, 0.15) is 0 Å². The van der Waals surface area contributed by atoms with Crippen molar-refractivity contribution in [2.75, 3.05) is 11.4 Å². The third-order valence-electron chi connectivity index (χ3n) is 4.53. The number of benzene rings is 2. The highest BCUT2D eigenvalue weighted by molar-refractivity contribution is 7.98. The van der Waals surface area contributed by atoms with Crippen LogP contribution in [0.1, 0.15) is 13.3 Å². The molecule has 1 aliphatic rings. The molecule has 1 saturated heterocycles. The molecule has 3 rings (SSSR count). The molecular weight excluding hydrogens is 360 g/mol. The Balaban J connectivity index is 1.91. The maximum absolute atomic E-state index is 13.0. The van der Waals surface area contributed by atoms with Crippen LogP contribution < -0.4 is 20.1 Å². The predicted molar refractivity (Wildman–Crippen MR) is 109 cm³/mol. The molecule has 1 amide bonds. The Morgan fingerprint density at radius 1 is 1.15 bits per heavy atom. The fourth-order valence-corrected chi connectivity index (χ4v) is 4.68. The summed E-state index contributed by atoms with van der Waals surface area (Å²) in [6.07, 6.45) is 3.32. The average molecular weight is 382 g/mol. The molecule has 0 radical (unpaired) electrons. The van der Waals surface area contributed by atoms with Crippen LogP contribution in [0.25, 0.3) is 11.0 Å². The van der Waals surface area contributed by atoms with Crippen molar-refractivity contribution in [1.29, 1.82) is 0 Å². The first kappa shape index (κ1) is 19.1. The number of sulfonamides is 1. The van der Waals surface area contributed by atoms with Gasteiger partial charge in [-0.1, -0.05) is 55.1 Å². The number of hydrogen-bond acceptors (Lipinski definition) is 3. The number of hydrogen-bond donors (Lipinski definition) is 1. The van der Waals surface area contributed by atoms with E-state index >= 15 is 0 Å². The van der Waals surface area contributed by atoms with Gasteiger partial charge in [0.05, 0.1) is 4.91 Å². The minimum absolute atomic E-state index is 0.101. The SMILES string of the molecule is C=C/C(=c1/cccc/c1=C/C)S(=O)(=O)NC1CC(=O)N(c2ccccc2)C1. The van der Waals surface area contributed by atoms with Gasteiger partial charge in [-0.15, -0.1) is 0 Å². The van der Waals surface area contributed by atoms with Crippen molar-refractivity contribution >= 4 is 32.6 Å². The quantitative estimate of drug-likeness (QED) is 0.852. The topological polar surface area (TPSA) is 66.5 Å². The van der Waals surface area contributed by atoms with Crippen LogP contribution in [0, 0.1) is 0 Å². The molecule has 2 aromatic rings. The standard InChI is InChI=1S/C21H22N2O3S/c1-3-16-10-8-9-13-19(16)20(4-2)27(25,26)22-17-14-21(24)23(15-17)18-11-6-5-7-12-18/h3-13,17,22H,2,14-15H2,1H3/b16-3-,20-19+. The van der Waals surface area contributed by atoms with Gasteiger partial charge in [0.15, 0.2) is 0 Å². The molecule has 0 bridgehead atoms. The number of nitrogens with one attached hydrogen (secondary N) is 1. The lowest BCUT2D eigenvalue weighted by Crippen LogP contribution is -2.40. The zero-order chi connectivity index (χ0) is 19.4. The van der Waals surface area contributed by atoms with E-state index < -0.39 is 16.1 Å². The molecule has 2 aromatic carbocycles. The third-order valence-corrected chi connectivity index (χ3v) is 6.14. The van der Waals surface area contributed by atoms with Crippen molar-refractivity contribution < 1.29 is 13.2 Å². The molecule has 0 saturated carbocycles. The smallest absolute Gasteiger partial charge is 0.241 e. The first-order chi connectivity index (χ1) is 13.0. The summed E-state index contributed by atoms with van der Waals surface area (Å²) in [6, 6.07) is 16.0. The highest BCUT2D eigenvalue weighted by atomic mass is 32.2. The van der Waals surface area contributed by atoms with E-state index in [0.717, 1.165) is 10.9 Å². The molecule has 5 nitrogen and oxygen atoms in total. The Morgan fingerprint density at radius 3 is 2.48 bits per heavy atom. The number of carbonyl (C=O) groups is 1. The van der Waals surface area contributed by atoms with Gasteiger partial charge in [-0.2, -0.15) is 0 Å². The predicted octanol–water partition coefficient (Wildman–Crippen LogP) is 1.51. The van der Waals surface area contributed by atoms with E-state index in [9.17, 15) is 13.2 Å². The second kappa shape index (κ2) is 7.90. The van der Waals surface area contributed by atoms with Crippen molar-refractivity contribution in [2.45, 2.75) is 19.4 Å². The van der Waals surface area contributed by atoms with Crippen molar-refractivity contribution in [3.8, 4) is 0 Å². The Morgan fingerprint density at radius 2 is 1.81 bits per heavy atom. The van der Waals surface area contributed by atoms with Crippen LogP contribution >= 0.6 is 0 Å². The zero-order valence-corrected chi connectivity index (χ0v) is 15.9. The molecule has 1 aliphatic heterocycles. The normalized spacial score (nSPS) is 19.3. The van der Waals surface area contributed by atoms with Crippen LogP contribution in [0.2, 0.25) is 0 Å². The summed E-state index contributed by atoms with van der Waals surface area (Å²) in [5.41, 5.74) is 0.767. The maximum atomic E-state index is 13.0. The van der Waals surface area contributed by atoms with E-state index in [0.29, 0.717) is 11.8 Å². The summed E-state index contributed by atoms with van der Waals surface area (Å²) in [7, 11) is -3.82. The van der Waals surface area contributed by atoms with Crippen LogP contribution in [-0.4, -0.2) is 26.9 Å². The zero-order valence-electron chi connectivity index (χ0n) is 15.1. The van der Waals surface area contributed by atoms with Crippen LogP contribution in [0.4, 0.5) is 5.69 Å². The lowest BCUT2D eigenvalue weighted by molar-refractivity contribution is -0.117.